The van der Waals surface area contributed by atoms with Crippen molar-refractivity contribution in [1.29, 1.82) is 0 Å². The Morgan fingerprint density at radius 1 is 1.44 bits per heavy atom. The molecule has 2 aromatic heterocycles. The number of methoxy groups -OCH3 is 1. The van der Waals surface area contributed by atoms with Gasteiger partial charge in [-0.1, -0.05) is 0 Å². The van der Waals surface area contributed by atoms with Crippen molar-refractivity contribution in [3.05, 3.63) is 42.0 Å². The van der Waals surface area contributed by atoms with Gasteiger partial charge in [0.2, 0.25) is 0 Å². The monoisotopic (exact) mass is 245 g/mol. The lowest BCUT2D eigenvalue weighted by Gasteiger charge is -2.05. The van der Waals surface area contributed by atoms with Crippen molar-refractivity contribution in [3.8, 4) is 5.75 Å². The van der Waals surface area contributed by atoms with Crippen LogP contribution in [0.4, 0.5) is 0 Å². The molecule has 0 amide bonds. The number of carbonyl (C=O) groups excluding carboxylic acids is 1. The van der Waals surface area contributed by atoms with Crippen LogP contribution in [0, 0.1) is 0 Å². The van der Waals surface area contributed by atoms with Crippen LogP contribution in [0.15, 0.2) is 30.9 Å². The van der Waals surface area contributed by atoms with Crippen LogP contribution in [0.1, 0.15) is 22.3 Å². The first-order valence-electron chi connectivity index (χ1n) is 5.69. The number of ether oxygens (including phenoxy) is 1. The minimum Gasteiger partial charge on any atom is -0.494 e. The molecule has 0 saturated carbocycles. The highest BCUT2D eigenvalue weighted by atomic mass is 16.5. The molecule has 18 heavy (non-hydrogen) atoms. The van der Waals surface area contributed by atoms with E-state index in [-0.39, 0.29) is 5.78 Å². The van der Waals surface area contributed by atoms with Gasteiger partial charge in [-0.05, 0) is 18.1 Å². The van der Waals surface area contributed by atoms with E-state index in [9.17, 15) is 4.79 Å². The van der Waals surface area contributed by atoms with Crippen LogP contribution in [-0.4, -0.2) is 27.7 Å². The van der Waals surface area contributed by atoms with E-state index in [2.05, 4.69) is 10.1 Å². The summed E-state index contributed by atoms with van der Waals surface area (Å²) in [5.41, 5.74) is 1.63. The Morgan fingerprint density at radius 2 is 2.28 bits per heavy atom. The number of aryl methyl sites for hydroxylation is 2. The molecule has 2 heterocycles. The van der Waals surface area contributed by atoms with Gasteiger partial charge in [0.15, 0.2) is 5.78 Å². The van der Waals surface area contributed by atoms with E-state index in [4.69, 9.17) is 4.74 Å². The number of hydrogen-bond acceptors (Lipinski definition) is 4. The molecule has 0 radical (unpaired) electrons. The fraction of sp³-hybridized carbons (Fsp3) is 0.308. The second-order valence-corrected chi connectivity index (χ2v) is 4.02. The van der Waals surface area contributed by atoms with E-state index in [1.807, 2.05) is 13.2 Å². The first-order valence-corrected chi connectivity index (χ1v) is 5.69. The van der Waals surface area contributed by atoms with Crippen LogP contribution in [0.25, 0.3) is 0 Å². The van der Waals surface area contributed by atoms with E-state index < -0.39 is 0 Å². The Kier molecular flexibility index (Phi) is 3.72. The number of carbonyl (C=O) groups is 1. The molecule has 5 nitrogen and oxygen atoms in total. The largest absolute Gasteiger partial charge is 0.494 e. The Labute approximate surface area is 105 Å². The van der Waals surface area contributed by atoms with Gasteiger partial charge in [-0.3, -0.25) is 14.5 Å². The molecule has 0 aromatic carbocycles. The zero-order valence-electron chi connectivity index (χ0n) is 10.5. The molecule has 0 N–H and O–H groups in total. The van der Waals surface area contributed by atoms with Crippen molar-refractivity contribution in [2.24, 2.45) is 7.05 Å². The van der Waals surface area contributed by atoms with Crippen LogP contribution >= 0.6 is 0 Å². The van der Waals surface area contributed by atoms with E-state index in [1.165, 1.54) is 7.11 Å². The second kappa shape index (κ2) is 5.44. The van der Waals surface area contributed by atoms with Gasteiger partial charge in [0.25, 0.3) is 0 Å². The summed E-state index contributed by atoms with van der Waals surface area (Å²) < 4.78 is 6.85. The Bertz CT molecular complexity index is 549. The molecule has 0 aliphatic rings. The molecule has 0 atom stereocenters. The summed E-state index contributed by atoms with van der Waals surface area (Å²) in [7, 11) is 3.39. The molecule has 0 aliphatic heterocycles. The molecule has 0 saturated heterocycles. The van der Waals surface area contributed by atoms with Gasteiger partial charge in [-0.25, -0.2) is 0 Å². The zero-order chi connectivity index (χ0) is 13.0. The number of nitrogens with zero attached hydrogens (tertiary/aromatic N) is 3. The van der Waals surface area contributed by atoms with Crippen molar-refractivity contribution >= 4 is 5.78 Å². The summed E-state index contributed by atoms with van der Waals surface area (Å²) in [5, 5.41) is 4.07. The maximum Gasteiger partial charge on any atom is 0.167 e. The number of rotatable bonds is 5. The first-order chi connectivity index (χ1) is 8.70. The first kappa shape index (κ1) is 12.3. The number of hydrogen-bond donors (Lipinski definition) is 0. The molecule has 0 fully saturated rings. The summed E-state index contributed by atoms with van der Waals surface area (Å²) in [4.78, 5) is 16.0. The van der Waals surface area contributed by atoms with Gasteiger partial charge in [0, 0.05) is 25.9 Å². The zero-order valence-corrected chi connectivity index (χ0v) is 10.5. The highest BCUT2D eigenvalue weighted by Gasteiger charge is 2.12. The SMILES string of the molecule is COc1cnccc1C(=O)CCc1cnn(C)c1. The van der Waals surface area contributed by atoms with E-state index >= 15 is 0 Å². The van der Waals surface area contributed by atoms with Crippen LogP contribution < -0.4 is 4.74 Å². The predicted molar refractivity (Wildman–Crippen MR) is 66.6 cm³/mol. The van der Waals surface area contributed by atoms with Crippen LogP contribution in [0.3, 0.4) is 0 Å². The molecule has 2 aromatic rings. The summed E-state index contributed by atoms with van der Waals surface area (Å²) in [6.45, 7) is 0. The highest BCUT2D eigenvalue weighted by Crippen LogP contribution is 2.18. The Balaban J connectivity index is 2.03. The van der Waals surface area contributed by atoms with Crippen molar-refractivity contribution in [1.82, 2.24) is 14.8 Å². The smallest absolute Gasteiger partial charge is 0.167 e. The van der Waals surface area contributed by atoms with Gasteiger partial charge >= 0.3 is 0 Å². The molecule has 2 rings (SSSR count). The summed E-state index contributed by atoms with van der Waals surface area (Å²) in [6, 6.07) is 1.68. The Hall–Kier alpha value is -2.17. The van der Waals surface area contributed by atoms with Gasteiger partial charge in [0.05, 0.1) is 25.1 Å². The van der Waals surface area contributed by atoms with Crippen LogP contribution in [0.5, 0.6) is 5.75 Å². The van der Waals surface area contributed by atoms with Crippen LogP contribution in [-0.2, 0) is 13.5 Å². The molecule has 0 aliphatic carbocycles. The summed E-state index contributed by atoms with van der Waals surface area (Å²) in [6.07, 6.45) is 7.95. The molecular weight excluding hydrogens is 230 g/mol. The quantitative estimate of drug-likeness (QED) is 0.751. The van der Waals surface area contributed by atoms with E-state index in [0.29, 0.717) is 24.2 Å². The molecular formula is C13H15N3O2. The van der Waals surface area contributed by atoms with Gasteiger partial charge < -0.3 is 4.74 Å². The summed E-state index contributed by atoms with van der Waals surface area (Å²) in [5.74, 6) is 0.576. The molecule has 0 bridgehead atoms. The van der Waals surface area contributed by atoms with Gasteiger partial charge in [0.1, 0.15) is 5.75 Å². The van der Waals surface area contributed by atoms with Crippen molar-refractivity contribution in [3.63, 3.8) is 0 Å². The lowest BCUT2D eigenvalue weighted by molar-refractivity contribution is 0.0979. The molecule has 5 heteroatoms. The predicted octanol–water partition coefficient (Wildman–Crippen LogP) is 1.64. The molecule has 0 unspecified atom stereocenters. The number of pyridine rings is 1. The summed E-state index contributed by atoms with van der Waals surface area (Å²) >= 11 is 0. The van der Waals surface area contributed by atoms with Crippen molar-refractivity contribution < 1.29 is 9.53 Å². The molecule has 94 valence electrons. The highest BCUT2D eigenvalue weighted by molar-refractivity contribution is 5.98. The number of ketones is 1. The third kappa shape index (κ3) is 2.74. The van der Waals surface area contributed by atoms with Gasteiger partial charge in [-0.15, -0.1) is 0 Å². The van der Waals surface area contributed by atoms with Crippen LogP contribution in [0.2, 0.25) is 0 Å². The van der Waals surface area contributed by atoms with Gasteiger partial charge in [-0.2, -0.15) is 5.10 Å². The topological polar surface area (TPSA) is 57.0 Å². The number of Topliss-reactive ketones (excluding diaryl/α,β-unsaturated/α-hetero) is 1. The van der Waals surface area contributed by atoms with E-state index in [1.54, 1.807) is 29.3 Å². The second-order valence-electron chi connectivity index (χ2n) is 4.02. The van der Waals surface area contributed by atoms with E-state index in [0.717, 1.165) is 5.56 Å². The fourth-order valence-electron chi connectivity index (χ4n) is 1.77. The lowest BCUT2D eigenvalue weighted by Crippen LogP contribution is -2.04. The van der Waals surface area contributed by atoms with Crippen molar-refractivity contribution in [2.75, 3.05) is 7.11 Å². The van der Waals surface area contributed by atoms with Crippen molar-refractivity contribution in [2.45, 2.75) is 12.8 Å². The maximum atomic E-state index is 12.1. The third-order valence-electron chi connectivity index (χ3n) is 2.70. The third-order valence-corrected chi connectivity index (χ3v) is 2.70. The average molecular weight is 245 g/mol. The number of aromatic nitrogens is 3. The minimum absolute atomic E-state index is 0.0538. The Morgan fingerprint density at radius 3 is 2.94 bits per heavy atom. The lowest BCUT2D eigenvalue weighted by atomic mass is 10.1. The maximum absolute atomic E-state index is 12.1. The molecule has 0 spiro atoms. The average Bonchev–Trinajstić information content (AvgIpc) is 2.81. The minimum atomic E-state index is 0.0538. The normalized spacial score (nSPS) is 10.3. The standard InChI is InChI=1S/C13H15N3O2/c1-16-9-10(7-15-16)3-4-12(17)11-5-6-14-8-13(11)18-2/h5-9H,3-4H2,1-2H3. The fourth-order valence-corrected chi connectivity index (χ4v) is 1.77.